The fraction of sp³-hybridized carbons (Fsp3) is 0.600. The van der Waals surface area contributed by atoms with Crippen LogP contribution in [0.5, 0.6) is 0 Å². The molecule has 4 rings (SSSR count). The minimum Gasteiger partial charge on any atom is -0.379 e. The van der Waals surface area contributed by atoms with Crippen LogP contribution in [0.25, 0.3) is 5.65 Å². The van der Waals surface area contributed by atoms with Crippen molar-refractivity contribution >= 4 is 5.65 Å². The van der Waals surface area contributed by atoms with Gasteiger partial charge in [-0.3, -0.25) is 14.1 Å². The molecule has 1 saturated heterocycles. The molecule has 134 valence electrons. The van der Waals surface area contributed by atoms with Crippen LogP contribution >= 0.6 is 0 Å². The Hall–Kier alpha value is -1.72. The van der Waals surface area contributed by atoms with Gasteiger partial charge in [0.2, 0.25) is 0 Å². The van der Waals surface area contributed by atoms with Crippen molar-refractivity contribution in [1.82, 2.24) is 14.3 Å². The van der Waals surface area contributed by atoms with E-state index >= 15 is 0 Å². The Kier molecular flexibility index (Phi) is 4.86. The van der Waals surface area contributed by atoms with Crippen LogP contribution in [0.4, 0.5) is 0 Å². The van der Waals surface area contributed by atoms with E-state index in [1.807, 2.05) is 12.4 Å². The maximum absolute atomic E-state index is 12.8. The lowest BCUT2D eigenvalue weighted by molar-refractivity contribution is 0.0340. The first-order valence-corrected chi connectivity index (χ1v) is 9.60. The second kappa shape index (κ2) is 7.26. The molecule has 2 aliphatic rings. The molecule has 2 aromatic rings. The molecule has 25 heavy (non-hydrogen) atoms. The molecule has 2 fully saturated rings. The third-order valence-electron chi connectivity index (χ3n) is 5.61. The lowest BCUT2D eigenvalue weighted by atomic mass is 9.78. The first-order chi connectivity index (χ1) is 12.3. The van der Waals surface area contributed by atoms with Crippen molar-refractivity contribution in [2.45, 2.75) is 51.5 Å². The highest BCUT2D eigenvalue weighted by Crippen LogP contribution is 2.39. The van der Waals surface area contributed by atoms with Gasteiger partial charge in [-0.25, -0.2) is 4.98 Å². The lowest BCUT2D eigenvalue weighted by Crippen LogP contribution is -2.36. The van der Waals surface area contributed by atoms with Crippen LogP contribution in [0.15, 0.2) is 23.3 Å². The molecular formula is C20H27N3O2. The molecule has 0 radical (unpaired) electrons. The van der Waals surface area contributed by atoms with Gasteiger partial charge >= 0.3 is 0 Å². The Balaban J connectivity index is 1.77. The Bertz CT molecular complexity index is 804. The fourth-order valence-corrected chi connectivity index (χ4v) is 3.96. The quantitative estimate of drug-likeness (QED) is 0.839. The number of fused-ring (bicyclic) bond motifs is 1. The lowest BCUT2D eigenvalue weighted by Gasteiger charge is -2.32. The molecule has 0 bridgehead atoms. The molecular weight excluding hydrogens is 314 g/mol. The summed E-state index contributed by atoms with van der Waals surface area (Å²) in [5, 5.41) is 0. The second-order valence-electron chi connectivity index (χ2n) is 7.30. The number of rotatable bonds is 5. The predicted octanol–water partition coefficient (Wildman–Crippen LogP) is 2.75. The summed E-state index contributed by atoms with van der Waals surface area (Å²) in [5.74, 6) is 0.552. The summed E-state index contributed by atoms with van der Waals surface area (Å²) >= 11 is 0. The highest BCUT2D eigenvalue weighted by Gasteiger charge is 2.26. The van der Waals surface area contributed by atoms with Crippen molar-refractivity contribution in [1.29, 1.82) is 0 Å². The van der Waals surface area contributed by atoms with Gasteiger partial charge in [0, 0.05) is 43.2 Å². The number of aromatic nitrogens is 2. The van der Waals surface area contributed by atoms with E-state index in [2.05, 4.69) is 17.9 Å². The Morgan fingerprint density at radius 2 is 2.04 bits per heavy atom. The summed E-state index contributed by atoms with van der Waals surface area (Å²) in [7, 11) is 0. The van der Waals surface area contributed by atoms with Gasteiger partial charge < -0.3 is 4.74 Å². The zero-order chi connectivity index (χ0) is 17.2. The highest BCUT2D eigenvalue weighted by atomic mass is 16.5. The predicted molar refractivity (Wildman–Crippen MR) is 98.1 cm³/mol. The topological polar surface area (TPSA) is 46.8 Å². The molecule has 5 heteroatoms. The van der Waals surface area contributed by atoms with Crippen molar-refractivity contribution < 1.29 is 4.74 Å². The normalized spacial score (nSPS) is 19.2. The Labute approximate surface area is 148 Å². The average molecular weight is 341 g/mol. The number of morpholine rings is 1. The minimum atomic E-state index is 0.102. The van der Waals surface area contributed by atoms with Gasteiger partial charge in [0.1, 0.15) is 5.65 Å². The van der Waals surface area contributed by atoms with Gasteiger partial charge in [-0.05, 0) is 36.8 Å². The standard InChI is InChI=1S/C20H27N3O2/c1-2-4-16-13-21-19-18(15-5-3-6-15)17(7-8-23(19)20(16)24)14-22-9-11-25-12-10-22/h7-8,13,15H,2-6,9-12,14H2,1H3. The maximum Gasteiger partial charge on any atom is 0.261 e. The smallest absolute Gasteiger partial charge is 0.261 e. The van der Waals surface area contributed by atoms with Crippen molar-refractivity contribution in [2.75, 3.05) is 26.3 Å². The molecule has 0 atom stereocenters. The largest absolute Gasteiger partial charge is 0.379 e. The van der Waals surface area contributed by atoms with Gasteiger partial charge in [0.15, 0.2) is 0 Å². The molecule has 0 amide bonds. The number of hydrogen-bond donors (Lipinski definition) is 0. The van der Waals surface area contributed by atoms with Gasteiger partial charge in [0.25, 0.3) is 5.56 Å². The summed E-state index contributed by atoms with van der Waals surface area (Å²) in [5.41, 5.74) is 4.44. The molecule has 1 aliphatic carbocycles. The van der Waals surface area contributed by atoms with Crippen LogP contribution in [-0.4, -0.2) is 40.6 Å². The Morgan fingerprint density at radius 1 is 1.24 bits per heavy atom. The molecule has 5 nitrogen and oxygen atoms in total. The van der Waals surface area contributed by atoms with Crippen LogP contribution in [-0.2, 0) is 17.7 Å². The molecule has 1 aliphatic heterocycles. The molecule has 2 aromatic heterocycles. The molecule has 0 N–H and O–H groups in total. The zero-order valence-electron chi connectivity index (χ0n) is 15.0. The van der Waals surface area contributed by atoms with Gasteiger partial charge in [-0.2, -0.15) is 0 Å². The zero-order valence-corrected chi connectivity index (χ0v) is 15.0. The minimum absolute atomic E-state index is 0.102. The van der Waals surface area contributed by atoms with Crippen LogP contribution in [0, 0.1) is 0 Å². The molecule has 0 unspecified atom stereocenters. The van der Waals surface area contributed by atoms with E-state index in [0.717, 1.165) is 56.9 Å². The first-order valence-electron chi connectivity index (χ1n) is 9.60. The van der Waals surface area contributed by atoms with E-state index in [1.54, 1.807) is 4.40 Å². The second-order valence-corrected chi connectivity index (χ2v) is 7.30. The van der Waals surface area contributed by atoms with E-state index in [1.165, 1.54) is 30.4 Å². The number of aryl methyl sites for hydroxylation is 1. The molecule has 1 saturated carbocycles. The summed E-state index contributed by atoms with van der Waals surface area (Å²) < 4.78 is 7.25. The third kappa shape index (κ3) is 3.23. The highest BCUT2D eigenvalue weighted by molar-refractivity contribution is 5.54. The SMILES string of the molecule is CCCc1cnc2c(C3CCC3)c(CN3CCOCC3)ccn2c1=O. The fourth-order valence-electron chi connectivity index (χ4n) is 3.96. The van der Waals surface area contributed by atoms with Gasteiger partial charge in [0.05, 0.1) is 13.2 Å². The number of pyridine rings is 1. The number of ether oxygens (including phenoxy) is 1. The molecule has 0 aromatic carbocycles. The summed E-state index contributed by atoms with van der Waals surface area (Å²) in [6.07, 6.45) is 9.20. The average Bonchev–Trinajstić information content (AvgIpc) is 2.59. The van der Waals surface area contributed by atoms with E-state index in [4.69, 9.17) is 9.72 Å². The third-order valence-corrected chi connectivity index (χ3v) is 5.61. The maximum atomic E-state index is 12.8. The van der Waals surface area contributed by atoms with Crippen molar-refractivity contribution in [3.8, 4) is 0 Å². The van der Waals surface area contributed by atoms with Crippen LogP contribution in [0.2, 0.25) is 0 Å². The van der Waals surface area contributed by atoms with Crippen LogP contribution in [0.1, 0.15) is 55.2 Å². The number of nitrogens with zero attached hydrogens (tertiary/aromatic N) is 3. The summed E-state index contributed by atoms with van der Waals surface area (Å²) in [6, 6.07) is 2.15. The van der Waals surface area contributed by atoms with E-state index in [9.17, 15) is 4.79 Å². The van der Waals surface area contributed by atoms with E-state index in [-0.39, 0.29) is 5.56 Å². The number of hydrogen-bond acceptors (Lipinski definition) is 4. The Morgan fingerprint density at radius 3 is 2.72 bits per heavy atom. The van der Waals surface area contributed by atoms with Crippen molar-refractivity contribution in [3.05, 3.63) is 45.5 Å². The monoisotopic (exact) mass is 341 g/mol. The molecule has 0 spiro atoms. The van der Waals surface area contributed by atoms with Crippen LogP contribution < -0.4 is 5.56 Å². The summed E-state index contributed by atoms with van der Waals surface area (Å²) in [4.78, 5) is 20.0. The first kappa shape index (κ1) is 16.7. The molecule has 3 heterocycles. The van der Waals surface area contributed by atoms with Crippen LogP contribution in [0.3, 0.4) is 0 Å². The van der Waals surface area contributed by atoms with Crippen molar-refractivity contribution in [2.24, 2.45) is 0 Å². The van der Waals surface area contributed by atoms with E-state index in [0.29, 0.717) is 5.92 Å². The van der Waals surface area contributed by atoms with Gasteiger partial charge in [-0.15, -0.1) is 0 Å². The van der Waals surface area contributed by atoms with E-state index < -0.39 is 0 Å². The summed E-state index contributed by atoms with van der Waals surface area (Å²) in [6.45, 7) is 6.60. The van der Waals surface area contributed by atoms with Crippen molar-refractivity contribution in [3.63, 3.8) is 0 Å². The van der Waals surface area contributed by atoms with Gasteiger partial charge in [-0.1, -0.05) is 19.8 Å².